The quantitative estimate of drug-likeness (QED) is 0.812. The standard InChI is InChI=1S/C18H18N2O2/c1-12-9-14(10-19-13(12)2)17-15-5-3-4-6-16(15)22-18(20-17)7-8-21-11-18/h3-6,9-10H,7-8,11H2,1-2H3. The Balaban J connectivity index is 1.89. The zero-order valence-electron chi connectivity index (χ0n) is 12.8. The van der Waals surface area contributed by atoms with E-state index in [9.17, 15) is 0 Å². The number of aliphatic imine (C=N–C) groups is 1. The number of para-hydroxylation sites is 1. The highest BCUT2D eigenvalue weighted by molar-refractivity contribution is 6.15. The molecule has 1 aromatic carbocycles. The first kappa shape index (κ1) is 13.5. The second-order valence-corrected chi connectivity index (χ2v) is 5.93. The molecule has 0 aliphatic carbocycles. The summed E-state index contributed by atoms with van der Waals surface area (Å²) >= 11 is 0. The van der Waals surface area contributed by atoms with Gasteiger partial charge in [0.25, 0.3) is 0 Å². The van der Waals surface area contributed by atoms with Crippen molar-refractivity contribution in [2.75, 3.05) is 13.2 Å². The van der Waals surface area contributed by atoms with Crippen molar-refractivity contribution in [3.05, 3.63) is 58.9 Å². The van der Waals surface area contributed by atoms with Gasteiger partial charge in [0.15, 0.2) is 0 Å². The van der Waals surface area contributed by atoms with Crippen molar-refractivity contribution in [3.63, 3.8) is 0 Å². The smallest absolute Gasteiger partial charge is 0.226 e. The average Bonchev–Trinajstić information content (AvgIpc) is 2.97. The lowest BCUT2D eigenvalue weighted by Gasteiger charge is -2.31. The van der Waals surface area contributed by atoms with E-state index >= 15 is 0 Å². The van der Waals surface area contributed by atoms with Crippen LogP contribution < -0.4 is 4.74 Å². The molecule has 0 amide bonds. The van der Waals surface area contributed by atoms with Crippen LogP contribution in [0.2, 0.25) is 0 Å². The molecule has 0 N–H and O–H groups in total. The summed E-state index contributed by atoms with van der Waals surface area (Å²) in [6.07, 6.45) is 2.68. The first-order chi connectivity index (χ1) is 10.7. The van der Waals surface area contributed by atoms with Crippen LogP contribution in [-0.4, -0.2) is 29.6 Å². The summed E-state index contributed by atoms with van der Waals surface area (Å²) < 4.78 is 11.7. The first-order valence-electron chi connectivity index (χ1n) is 7.57. The van der Waals surface area contributed by atoms with E-state index in [1.807, 2.05) is 37.4 Å². The summed E-state index contributed by atoms with van der Waals surface area (Å²) in [4.78, 5) is 9.41. The highest BCUT2D eigenvalue weighted by Gasteiger charge is 2.41. The van der Waals surface area contributed by atoms with Gasteiger partial charge in [-0.25, -0.2) is 4.99 Å². The van der Waals surface area contributed by atoms with Crippen molar-refractivity contribution in [1.29, 1.82) is 0 Å². The van der Waals surface area contributed by atoms with Gasteiger partial charge >= 0.3 is 0 Å². The molecule has 1 fully saturated rings. The van der Waals surface area contributed by atoms with Crippen molar-refractivity contribution in [2.24, 2.45) is 4.99 Å². The first-order valence-corrected chi connectivity index (χ1v) is 7.57. The minimum absolute atomic E-state index is 0.503. The number of rotatable bonds is 1. The van der Waals surface area contributed by atoms with Crippen LogP contribution in [0, 0.1) is 13.8 Å². The second kappa shape index (κ2) is 4.92. The van der Waals surface area contributed by atoms with Crippen LogP contribution in [-0.2, 0) is 4.74 Å². The number of pyridine rings is 1. The Bertz CT molecular complexity index is 761. The van der Waals surface area contributed by atoms with Gasteiger partial charge in [-0.05, 0) is 37.6 Å². The lowest BCUT2D eigenvalue weighted by Crippen LogP contribution is -2.39. The number of fused-ring (bicyclic) bond motifs is 1. The highest BCUT2D eigenvalue weighted by Crippen LogP contribution is 2.36. The van der Waals surface area contributed by atoms with Gasteiger partial charge in [-0.15, -0.1) is 0 Å². The molecule has 1 aromatic heterocycles. The number of nitrogens with zero attached hydrogens (tertiary/aromatic N) is 2. The number of aromatic nitrogens is 1. The van der Waals surface area contributed by atoms with Gasteiger partial charge in [-0.2, -0.15) is 0 Å². The molecule has 1 atom stereocenters. The molecule has 0 saturated carbocycles. The average molecular weight is 294 g/mol. The molecular formula is C18H18N2O2. The van der Waals surface area contributed by atoms with Crippen molar-refractivity contribution in [3.8, 4) is 5.75 Å². The Morgan fingerprint density at radius 1 is 1.18 bits per heavy atom. The largest absolute Gasteiger partial charge is 0.463 e. The zero-order valence-corrected chi connectivity index (χ0v) is 12.8. The van der Waals surface area contributed by atoms with Gasteiger partial charge in [0, 0.05) is 29.4 Å². The third kappa shape index (κ3) is 2.11. The van der Waals surface area contributed by atoms with E-state index in [1.54, 1.807) is 0 Å². The van der Waals surface area contributed by atoms with Gasteiger partial charge in [0.1, 0.15) is 12.4 Å². The topological polar surface area (TPSA) is 43.7 Å². The molecule has 4 heteroatoms. The molecule has 2 aliphatic heterocycles. The van der Waals surface area contributed by atoms with Crippen LogP contribution >= 0.6 is 0 Å². The molecule has 22 heavy (non-hydrogen) atoms. The van der Waals surface area contributed by atoms with Crippen molar-refractivity contribution in [1.82, 2.24) is 4.98 Å². The Labute approximate surface area is 129 Å². The Morgan fingerprint density at radius 2 is 2.05 bits per heavy atom. The van der Waals surface area contributed by atoms with Gasteiger partial charge in [0.05, 0.1) is 12.3 Å². The fourth-order valence-corrected chi connectivity index (χ4v) is 2.94. The highest BCUT2D eigenvalue weighted by atomic mass is 16.6. The van der Waals surface area contributed by atoms with Crippen LogP contribution in [0.15, 0.2) is 41.5 Å². The molecule has 0 bridgehead atoms. The van der Waals surface area contributed by atoms with E-state index in [2.05, 4.69) is 18.0 Å². The molecule has 1 saturated heterocycles. The maximum absolute atomic E-state index is 6.15. The lowest BCUT2D eigenvalue weighted by molar-refractivity contribution is 0.0550. The van der Waals surface area contributed by atoms with Gasteiger partial charge in [-0.1, -0.05) is 12.1 Å². The van der Waals surface area contributed by atoms with E-state index in [1.165, 1.54) is 5.56 Å². The minimum Gasteiger partial charge on any atom is -0.463 e. The molecule has 2 aliphatic rings. The third-order valence-electron chi connectivity index (χ3n) is 4.34. The number of ether oxygens (including phenoxy) is 2. The third-order valence-corrected chi connectivity index (χ3v) is 4.34. The van der Waals surface area contributed by atoms with Crippen LogP contribution in [0.25, 0.3) is 0 Å². The number of hydrogen-bond donors (Lipinski definition) is 0. The Morgan fingerprint density at radius 3 is 2.82 bits per heavy atom. The SMILES string of the molecule is Cc1cc(C2=NC3(CCOC3)Oc3ccccc32)cnc1C. The molecule has 0 radical (unpaired) electrons. The van der Waals surface area contributed by atoms with Crippen molar-refractivity contribution in [2.45, 2.75) is 26.0 Å². The normalized spacial score (nSPS) is 23.1. The van der Waals surface area contributed by atoms with Gasteiger partial charge in [0.2, 0.25) is 5.72 Å². The number of aryl methyl sites for hydroxylation is 2. The molecular weight excluding hydrogens is 276 g/mol. The maximum atomic E-state index is 6.15. The van der Waals surface area contributed by atoms with E-state index < -0.39 is 5.72 Å². The predicted octanol–water partition coefficient (Wildman–Crippen LogP) is 3.04. The van der Waals surface area contributed by atoms with E-state index in [4.69, 9.17) is 14.5 Å². The van der Waals surface area contributed by atoms with Crippen LogP contribution in [0.5, 0.6) is 5.75 Å². The van der Waals surface area contributed by atoms with E-state index in [0.29, 0.717) is 13.2 Å². The Hall–Kier alpha value is -2.20. The molecule has 112 valence electrons. The fraction of sp³-hybridized carbons (Fsp3) is 0.333. The monoisotopic (exact) mass is 294 g/mol. The van der Waals surface area contributed by atoms with Crippen molar-refractivity contribution >= 4 is 5.71 Å². The summed E-state index contributed by atoms with van der Waals surface area (Å²) in [5.41, 5.74) is 4.63. The van der Waals surface area contributed by atoms with Gasteiger partial charge in [-0.3, -0.25) is 4.98 Å². The molecule has 4 rings (SSSR count). The van der Waals surface area contributed by atoms with E-state index in [0.717, 1.165) is 34.7 Å². The summed E-state index contributed by atoms with van der Waals surface area (Å²) in [6.45, 7) is 5.28. The maximum Gasteiger partial charge on any atom is 0.226 e. The summed E-state index contributed by atoms with van der Waals surface area (Å²) in [6, 6.07) is 10.2. The van der Waals surface area contributed by atoms with Crippen LogP contribution in [0.1, 0.15) is 28.8 Å². The summed E-state index contributed by atoms with van der Waals surface area (Å²) in [5, 5.41) is 0. The molecule has 1 spiro atoms. The molecule has 3 heterocycles. The van der Waals surface area contributed by atoms with Crippen molar-refractivity contribution < 1.29 is 9.47 Å². The minimum atomic E-state index is -0.581. The number of hydrogen-bond acceptors (Lipinski definition) is 4. The molecule has 4 nitrogen and oxygen atoms in total. The number of benzene rings is 1. The Kier molecular flexibility index (Phi) is 3.01. The summed E-state index contributed by atoms with van der Waals surface area (Å²) in [7, 11) is 0. The van der Waals surface area contributed by atoms with Gasteiger partial charge < -0.3 is 9.47 Å². The van der Waals surface area contributed by atoms with Crippen LogP contribution in [0.3, 0.4) is 0 Å². The van der Waals surface area contributed by atoms with E-state index in [-0.39, 0.29) is 0 Å². The summed E-state index contributed by atoms with van der Waals surface area (Å²) in [5.74, 6) is 0.872. The lowest BCUT2D eigenvalue weighted by atomic mass is 9.98. The molecule has 1 unspecified atom stereocenters. The predicted molar refractivity (Wildman–Crippen MR) is 84.6 cm³/mol. The zero-order chi connectivity index (χ0) is 15.2. The molecule has 2 aromatic rings. The van der Waals surface area contributed by atoms with Crippen LogP contribution in [0.4, 0.5) is 0 Å². The fourth-order valence-electron chi connectivity index (χ4n) is 2.94. The second-order valence-electron chi connectivity index (χ2n) is 5.93.